The zero-order valence-electron chi connectivity index (χ0n) is 12.8. The van der Waals surface area contributed by atoms with Crippen molar-refractivity contribution in [2.75, 3.05) is 13.7 Å². The largest absolute Gasteiger partial charge is 0.439 e. The van der Waals surface area contributed by atoms with Gasteiger partial charge in [-0.05, 0) is 31.9 Å². The lowest BCUT2D eigenvalue weighted by Gasteiger charge is -2.16. The Balaban J connectivity index is 2.45. The first-order valence-electron chi connectivity index (χ1n) is 6.95. The highest BCUT2D eigenvalue weighted by molar-refractivity contribution is 7.02. The molecule has 0 aliphatic rings. The van der Waals surface area contributed by atoms with E-state index in [0.29, 0.717) is 19.8 Å². The van der Waals surface area contributed by atoms with Crippen molar-refractivity contribution < 1.29 is 18.7 Å². The summed E-state index contributed by atoms with van der Waals surface area (Å²) in [6.07, 6.45) is 0.0900. The van der Waals surface area contributed by atoms with E-state index in [-0.39, 0.29) is 6.10 Å². The minimum Gasteiger partial charge on any atom is -0.439 e. The lowest BCUT2D eigenvalue weighted by Crippen LogP contribution is -2.35. The average Bonchev–Trinajstić information content (AvgIpc) is 2.40. The normalized spacial score (nSPS) is 10.8. The highest BCUT2D eigenvalue weighted by atomic mass is 16.6. The number of benzene rings is 1. The maximum atomic E-state index is 5.59. The van der Waals surface area contributed by atoms with E-state index in [4.69, 9.17) is 18.7 Å². The summed E-state index contributed by atoms with van der Waals surface area (Å²) in [6, 6.07) is 8.04. The Hall–Kier alpha value is -0.810. The van der Waals surface area contributed by atoms with Gasteiger partial charge in [0.05, 0.1) is 13.2 Å². The summed E-state index contributed by atoms with van der Waals surface area (Å²) in [6.45, 7) is 7.50. The molecule has 0 fully saturated rings. The Kier molecular flexibility index (Phi) is 8.62. The maximum absolute atomic E-state index is 5.59. The first kappa shape index (κ1) is 17.2. The molecule has 20 heavy (non-hydrogen) atoms. The minimum atomic E-state index is -0.436. The molecule has 0 spiro atoms. The second kappa shape index (κ2) is 9.99. The van der Waals surface area contributed by atoms with Gasteiger partial charge in [0.25, 0.3) is 0 Å². The van der Waals surface area contributed by atoms with Gasteiger partial charge in [-0.3, -0.25) is 0 Å². The van der Waals surface area contributed by atoms with Crippen LogP contribution in [0.3, 0.4) is 0 Å². The summed E-state index contributed by atoms with van der Waals surface area (Å²) in [5.41, 5.74) is 2.23. The van der Waals surface area contributed by atoms with Crippen LogP contribution >= 0.6 is 0 Å². The molecular weight excluding hydrogens is 254 g/mol. The Morgan fingerprint density at radius 3 is 2.35 bits per heavy atom. The second-order valence-corrected chi connectivity index (χ2v) is 4.66. The molecule has 0 bridgehead atoms. The molecule has 0 saturated carbocycles. The molecule has 1 radical (unpaired) electrons. The van der Waals surface area contributed by atoms with E-state index in [9.17, 15) is 0 Å². The van der Waals surface area contributed by atoms with Crippen molar-refractivity contribution in [3.8, 4) is 0 Å². The van der Waals surface area contributed by atoms with E-state index in [1.165, 1.54) is 0 Å². The summed E-state index contributed by atoms with van der Waals surface area (Å²) >= 11 is 0. The number of ether oxygens (including phenoxy) is 1. The molecule has 1 aromatic carbocycles. The van der Waals surface area contributed by atoms with Gasteiger partial charge in [-0.2, -0.15) is 0 Å². The highest BCUT2D eigenvalue weighted by Gasteiger charge is 2.21. The summed E-state index contributed by atoms with van der Waals surface area (Å²) in [5, 5.41) is 0. The van der Waals surface area contributed by atoms with E-state index in [1.807, 2.05) is 45.0 Å². The van der Waals surface area contributed by atoms with Crippen LogP contribution in [0.5, 0.6) is 0 Å². The molecular formula is C14H23B2O4. The van der Waals surface area contributed by atoms with Crippen LogP contribution in [0.1, 0.15) is 31.9 Å². The van der Waals surface area contributed by atoms with Crippen LogP contribution in [0.25, 0.3) is 0 Å². The van der Waals surface area contributed by atoms with Gasteiger partial charge in [0.15, 0.2) is 0 Å². The molecule has 4 nitrogen and oxygen atoms in total. The minimum absolute atomic E-state index is 0.0900. The van der Waals surface area contributed by atoms with Crippen molar-refractivity contribution in [3.05, 3.63) is 35.4 Å². The van der Waals surface area contributed by atoms with Crippen molar-refractivity contribution in [1.82, 2.24) is 0 Å². The van der Waals surface area contributed by atoms with Crippen LogP contribution < -0.4 is 0 Å². The molecule has 0 N–H and O–H groups in total. The molecule has 1 rings (SSSR count). The SMILES string of the molecule is CCOB([B]OCc1ccccc1COC)OC(C)C. The number of hydrogen-bond acceptors (Lipinski definition) is 4. The van der Waals surface area contributed by atoms with E-state index in [0.717, 1.165) is 11.1 Å². The smallest absolute Gasteiger partial charge is 0.439 e. The van der Waals surface area contributed by atoms with Crippen LogP contribution in [0.2, 0.25) is 0 Å². The Labute approximate surface area is 123 Å². The molecule has 0 heterocycles. The third kappa shape index (κ3) is 6.57. The van der Waals surface area contributed by atoms with Crippen LogP contribution in [0.15, 0.2) is 24.3 Å². The molecule has 0 aliphatic heterocycles. The zero-order valence-corrected chi connectivity index (χ0v) is 12.8. The van der Waals surface area contributed by atoms with Gasteiger partial charge in [-0.25, -0.2) is 0 Å². The van der Waals surface area contributed by atoms with Crippen LogP contribution in [-0.4, -0.2) is 34.2 Å². The molecule has 0 aliphatic carbocycles. The number of rotatable bonds is 10. The van der Waals surface area contributed by atoms with E-state index < -0.39 is 7.01 Å². The van der Waals surface area contributed by atoms with Crippen LogP contribution in [0, 0.1) is 0 Å². The van der Waals surface area contributed by atoms with Crippen molar-refractivity contribution in [1.29, 1.82) is 0 Å². The van der Waals surface area contributed by atoms with Gasteiger partial charge in [0.2, 0.25) is 0 Å². The van der Waals surface area contributed by atoms with Gasteiger partial charge >= 0.3 is 14.4 Å². The van der Waals surface area contributed by atoms with E-state index >= 15 is 0 Å². The van der Waals surface area contributed by atoms with Crippen molar-refractivity contribution in [3.63, 3.8) is 0 Å². The van der Waals surface area contributed by atoms with E-state index in [1.54, 1.807) is 14.5 Å². The van der Waals surface area contributed by atoms with E-state index in [2.05, 4.69) is 0 Å². The first-order chi connectivity index (χ1) is 9.67. The van der Waals surface area contributed by atoms with Crippen LogP contribution in [-0.2, 0) is 31.9 Å². The highest BCUT2D eigenvalue weighted by Crippen LogP contribution is 2.11. The molecule has 1 aromatic rings. The summed E-state index contributed by atoms with van der Waals surface area (Å²) in [7, 11) is 2.85. The lowest BCUT2D eigenvalue weighted by atomic mass is 9.55. The van der Waals surface area contributed by atoms with Gasteiger partial charge in [-0.15, -0.1) is 0 Å². The lowest BCUT2D eigenvalue weighted by molar-refractivity contribution is 0.170. The van der Waals surface area contributed by atoms with Crippen molar-refractivity contribution in [2.24, 2.45) is 0 Å². The Morgan fingerprint density at radius 1 is 1.15 bits per heavy atom. The van der Waals surface area contributed by atoms with Gasteiger partial charge in [0, 0.05) is 19.8 Å². The maximum Gasteiger partial charge on any atom is 0.439 e. The predicted molar refractivity (Wildman–Crippen MR) is 81.3 cm³/mol. The Bertz CT molecular complexity index is 374. The molecule has 0 saturated heterocycles. The summed E-state index contributed by atoms with van der Waals surface area (Å²) < 4.78 is 21.8. The zero-order chi connectivity index (χ0) is 14.8. The predicted octanol–water partition coefficient (Wildman–Crippen LogP) is 2.42. The molecule has 0 unspecified atom stereocenters. The van der Waals surface area contributed by atoms with Crippen LogP contribution in [0.4, 0.5) is 0 Å². The Morgan fingerprint density at radius 2 is 1.80 bits per heavy atom. The molecule has 0 amide bonds. The standard InChI is InChI=1S/C14H23B2O4/c1-5-19-16(20-12(2)3)15-18-11-14-9-7-6-8-13(14)10-17-4/h6-9,12H,5,10-11H2,1-4H3. The second-order valence-electron chi connectivity index (χ2n) is 4.66. The quantitative estimate of drug-likeness (QED) is 0.615. The molecule has 0 atom stereocenters. The first-order valence-corrected chi connectivity index (χ1v) is 6.95. The monoisotopic (exact) mass is 277 g/mol. The average molecular weight is 277 g/mol. The van der Waals surface area contributed by atoms with Gasteiger partial charge < -0.3 is 18.7 Å². The topological polar surface area (TPSA) is 36.9 Å². The fourth-order valence-electron chi connectivity index (χ4n) is 1.75. The third-order valence-electron chi connectivity index (χ3n) is 2.60. The fraction of sp³-hybridized carbons (Fsp3) is 0.571. The molecule has 109 valence electrons. The van der Waals surface area contributed by atoms with Gasteiger partial charge in [0.1, 0.15) is 0 Å². The third-order valence-corrected chi connectivity index (χ3v) is 2.60. The van der Waals surface area contributed by atoms with Crippen molar-refractivity contribution >= 4 is 14.4 Å². The summed E-state index contributed by atoms with van der Waals surface area (Å²) in [5.74, 6) is 0. The fourth-order valence-corrected chi connectivity index (χ4v) is 1.75. The summed E-state index contributed by atoms with van der Waals surface area (Å²) in [4.78, 5) is 0. The number of hydrogen-bond donors (Lipinski definition) is 0. The van der Waals surface area contributed by atoms with Gasteiger partial charge in [-0.1, -0.05) is 24.3 Å². The van der Waals surface area contributed by atoms with Crippen molar-refractivity contribution in [2.45, 2.75) is 40.1 Å². The molecule has 0 aromatic heterocycles. The molecule has 6 heteroatoms. The number of methoxy groups -OCH3 is 1.